The first-order valence-corrected chi connectivity index (χ1v) is 14.0. The zero-order valence-corrected chi connectivity index (χ0v) is 23.8. The van der Waals surface area contributed by atoms with E-state index in [1.165, 1.54) is 16.5 Å². The average molecular weight is 601 g/mol. The third-order valence-corrected chi connectivity index (χ3v) is 8.60. The van der Waals surface area contributed by atoms with Gasteiger partial charge >= 0.3 is 11.9 Å². The molecule has 1 aromatic heterocycles. The molecular formula is C27H34ClFN2O8S. The van der Waals surface area contributed by atoms with Gasteiger partial charge in [-0.15, -0.1) is 11.3 Å². The molecule has 1 fully saturated rings. The Morgan fingerprint density at radius 2 is 1.73 bits per heavy atom. The largest absolute Gasteiger partial charge is 0.479 e. The molecule has 2 aliphatic heterocycles. The average Bonchev–Trinajstić information content (AvgIpc) is 3.31. The van der Waals surface area contributed by atoms with Crippen LogP contribution in [0.3, 0.4) is 0 Å². The van der Waals surface area contributed by atoms with E-state index in [0.29, 0.717) is 18.5 Å². The summed E-state index contributed by atoms with van der Waals surface area (Å²) in [7, 11) is 3.53. The van der Waals surface area contributed by atoms with Crippen molar-refractivity contribution >= 4 is 40.8 Å². The van der Waals surface area contributed by atoms with Crippen LogP contribution in [0.2, 0.25) is 4.34 Å². The molecule has 0 bridgehead atoms. The van der Waals surface area contributed by atoms with Crippen molar-refractivity contribution in [2.75, 3.05) is 40.3 Å². The van der Waals surface area contributed by atoms with Crippen molar-refractivity contribution in [3.8, 4) is 0 Å². The molecule has 2 aliphatic rings. The maximum atomic E-state index is 14.2. The van der Waals surface area contributed by atoms with Crippen LogP contribution < -0.4 is 0 Å². The molecule has 13 heteroatoms. The number of amides is 1. The van der Waals surface area contributed by atoms with E-state index in [9.17, 15) is 18.8 Å². The standard InChI is InChI=1S/C23H28ClFN2O2S.C4H6O6/c1-26(2)22(28)18(13-16-5-3-4-6-19(16)25)15-27-10-8-23(9-11-27)21-17(7-12-29-23)14-20(24)30-21;5-1(3(7)8)2(6)4(9)10/h3-6,14,18H,7-13,15H2,1-2H3;1-2,5-6H,(H,7,8)(H,9,10)/t18-;1-,2-/m11/s1. The van der Waals surface area contributed by atoms with E-state index >= 15 is 0 Å². The predicted molar refractivity (Wildman–Crippen MR) is 146 cm³/mol. The van der Waals surface area contributed by atoms with Gasteiger partial charge in [-0.05, 0) is 48.9 Å². The highest BCUT2D eigenvalue weighted by Crippen LogP contribution is 2.46. The summed E-state index contributed by atoms with van der Waals surface area (Å²) in [5, 5.41) is 32.5. The molecule has 10 nitrogen and oxygen atoms in total. The highest BCUT2D eigenvalue weighted by atomic mass is 35.5. The van der Waals surface area contributed by atoms with Gasteiger partial charge in [0.15, 0.2) is 12.2 Å². The summed E-state index contributed by atoms with van der Waals surface area (Å²) in [6.07, 6.45) is -1.42. The summed E-state index contributed by atoms with van der Waals surface area (Å²) in [6, 6.07) is 8.82. The molecule has 220 valence electrons. The quantitative estimate of drug-likeness (QED) is 0.358. The number of carbonyl (C=O) groups excluding carboxylic acids is 1. The monoisotopic (exact) mass is 600 g/mol. The van der Waals surface area contributed by atoms with E-state index in [1.54, 1.807) is 42.5 Å². The number of fused-ring (bicyclic) bond motifs is 2. The van der Waals surface area contributed by atoms with Gasteiger partial charge in [0.05, 0.1) is 16.9 Å². The lowest BCUT2D eigenvalue weighted by Crippen LogP contribution is -2.48. The zero-order chi connectivity index (χ0) is 29.6. The van der Waals surface area contributed by atoms with E-state index < -0.39 is 24.1 Å². The van der Waals surface area contributed by atoms with E-state index in [2.05, 4.69) is 11.0 Å². The molecule has 1 amide bonds. The number of piperidine rings is 1. The Balaban J connectivity index is 0.000000378. The molecule has 1 spiro atoms. The minimum Gasteiger partial charge on any atom is -0.479 e. The molecule has 4 rings (SSSR count). The molecule has 0 unspecified atom stereocenters. The van der Waals surface area contributed by atoms with E-state index in [0.717, 1.165) is 43.3 Å². The number of ether oxygens (including phenoxy) is 1. The van der Waals surface area contributed by atoms with Crippen molar-refractivity contribution in [1.29, 1.82) is 0 Å². The van der Waals surface area contributed by atoms with Crippen LogP contribution in [0.4, 0.5) is 4.39 Å². The maximum absolute atomic E-state index is 14.2. The molecule has 3 atom stereocenters. The van der Waals surface area contributed by atoms with Crippen molar-refractivity contribution in [2.45, 2.75) is 43.5 Å². The van der Waals surface area contributed by atoms with Gasteiger partial charge < -0.3 is 35.0 Å². The van der Waals surface area contributed by atoms with Crippen LogP contribution in [0.25, 0.3) is 0 Å². The molecule has 1 saturated heterocycles. The number of likely N-dealkylation sites (tertiary alicyclic amines) is 1. The minimum absolute atomic E-state index is 0.0415. The molecule has 0 aliphatic carbocycles. The lowest BCUT2D eigenvalue weighted by molar-refractivity contribution is -0.165. The van der Waals surface area contributed by atoms with Crippen LogP contribution in [0.5, 0.6) is 0 Å². The number of aliphatic hydroxyl groups excluding tert-OH is 2. The van der Waals surface area contributed by atoms with Crippen molar-refractivity contribution in [2.24, 2.45) is 5.92 Å². The van der Waals surface area contributed by atoms with Crippen LogP contribution >= 0.6 is 22.9 Å². The topological polar surface area (TPSA) is 148 Å². The van der Waals surface area contributed by atoms with Gasteiger partial charge in [-0.2, -0.15) is 0 Å². The Morgan fingerprint density at radius 1 is 1.12 bits per heavy atom. The molecule has 1 aromatic carbocycles. The maximum Gasteiger partial charge on any atom is 0.335 e. The third-order valence-electron chi connectivity index (χ3n) is 7.10. The molecule has 40 heavy (non-hydrogen) atoms. The molecule has 3 heterocycles. The molecule has 0 radical (unpaired) electrons. The first kappa shape index (κ1) is 31.9. The fraction of sp³-hybridized carbons (Fsp3) is 0.519. The zero-order valence-electron chi connectivity index (χ0n) is 22.3. The van der Waals surface area contributed by atoms with Crippen molar-refractivity contribution in [3.05, 3.63) is 56.5 Å². The number of hydrogen-bond acceptors (Lipinski definition) is 8. The summed E-state index contributed by atoms with van der Waals surface area (Å²) in [4.78, 5) is 37.6. The van der Waals surface area contributed by atoms with E-state index in [-0.39, 0.29) is 23.2 Å². The Hall–Kier alpha value is -2.61. The molecule has 0 saturated carbocycles. The number of halogens is 2. The summed E-state index contributed by atoms with van der Waals surface area (Å²) < 4.78 is 21.3. The summed E-state index contributed by atoms with van der Waals surface area (Å²) in [5.41, 5.74) is 1.68. The second-order valence-electron chi connectivity index (χ2n) is 10.1. The number of benzene rings is 1. The van der Waals surface area contributed by atoms with Gasteiger partial charge in [0.2, 0.25) is 5.91 Å². The predicted octanol–water partition coefficient (Wildman–Crippen LogP) is 2.23. The van der Waals surface area contributed by atoms with Crippen LogP contribution in [0.15, 0.2) is 30.3 Å². The van der Waals surface area contributed by atoms with Crippen molar-refractivity contribution < 1.29 is 43.9 Å². The number of thiophene rings is 1. The second-order valence-corrected chi connectivity index (χ2v) is 11.8. The fourth-order valence-electron chi connectivity index (χ4n) is 4.96. The number of nitrogens with zero attached hydrogens (tertiary/aromatic N) is 2. The minimum atomic E-state index is -2.27. The van der Waals surface area contributed by atoms with E-state index in [1.807, 2.05) is 6.07 Å². The van der Waals surface area contributed by atoms with Crippen LogP contribution in [0.1, 0.15) is 28.8 Å². The number of carboxylic acids is 2. The lowest BCUT2D eigenvalue weighted by Gasteiger charge is -2.44. The normalized spacial score (nSPS) is 18.6. The SMILES string of the molecule is CN(C)C(=O)[C@H](Cc1ccccc1F)CN1CCC2(CC1)OCCc1cc(Cl)sc12.O=C(O)[C@H](O)[C@@H](O)C(=O)O. The fourth-order valence-corrected chi connectivity index (χ4v) is 6.46. The number of rotatable bonds is 8. The summed E-state index contributed by atoms with van der Waals surface area (Å²) in [6.45, 7) is 3.06. The van der Waals surface area contributed by atoms with Crippen LogP contribution in [-0.4, -0.2) is 101 Å². The van der Waals surface area contributed by atoms with Gasteiger partial charge in [0.1, 0.15) is 11.4 Å². The Morgan fingerprint density at radius 3 is 2.27 bits per heavy atom. The Labute approximate surface area is 240 Å². The molecule has 2 aromatic rings. The first-order valence-electron chi connectivity index (χ1n) is 12.8. The number of aliphatic carboxylic acids is 2. The Kier molecular flexibility index (Phi) is 11.0. The number of aliphatic hydroxyl groups is 2. The highest BCUT2D eigenvalue weighted by molar-refractivity contribution is 7.16. The molecular weight excluding hydrogens is 567 g/mol. The third kappa shape index (κ3) is 7.77. The van der Waals surface area contributed by atoms with Crippen LogP contribution in [-0.2, 0) is 37.6 Å². The highest BCUT2D eigenvalue weighted by Gasteiger charge is 2.43. The second kappa shape index (κ2) is 13.8. The van der Waals surface area contributed by atoms with Crippen molar-refractivity contribution in [3.63, 3.8) is 0 Å². The summed E-state index contributed by atoms with van der Waals surface area (Å²) in [5.74, 6) is -4.01. The van der Waals surface area contributed by atoms with Gasteiger partial charge in [-0.3, -0.25) is 4.79 Å². The Bertz CT molecular complexity index is 1180. The van der Waals surface area contributed by atoms with Crippen LogP contribution in [0, 0.1) is 11.7 Å². The van der Waals surface area contributed by atoms with Gasteiger partial charge in [0.25, 0.3) is 0 Å². The number of hydrogen-bond donors (Lipinski definition) is 4. The summed E-state index contributed by atoms with van der Waals surface area (Å²) >= 11 is 7.93. The lowest BCUT2D eigenvalue weighted by atomic mass is 9.85. The number of carbonyl (C=O) groups is 3. The molecule has 4 N–H and O–H groups in total. The van der Waals surface area contributed by atoms with Crippen molar-refractivity contribution in [1.82, 2.24) is 9.80 Å². The smallest absolute Gasteiger partial charge is 0.335 e. The first-order chi connectivity index (χ1) is 18.8. The van der Waals surface area contributed by atoms with Gasteiger partial charge in [0, 0.05) is 38.6 Å². The van der Waals surface area contributed by atoms with Gasteiger partial charge in [-0.1, -0.05) is 29.8 Å². The van der Waals surface area contributed by atoms with Gasteiger partial charge in [-0.25, -0.2) is 14.0 Å². The van der Waals surface area contributed by atoms with E-state index in [4.69, 9.17) is 36.8 Å². The number of carboxylic acid groups (broad SMARTS) is 2.